The molecule has 1 unspecified atom stereocenters. The molecule has 3 aromatic rings. The number of ether oxygens (including phenoxy) is 2. The van der Waals surface area contributed by atoms with Gasteiger partial charge in [-0.3, -0.25) is 0 Å². The van der Waals surface area contributed by atoms with Crippen LogP contribution in [0.15, 0.2) is 71.7 Å². The van der Waals surface area contributed by atoms with Crippen molar-refractivity contribution in [1.29, 1.82) is 0 Å². The van der Waals surface area contributed by atoms with Crippen LogP contribution in [0.1, 0.15) is 17.2 Å². The van der Waals surface area contributed by atoms with Crippen LogP contribution in [0.3, 0.4) is 0 Å². The topological polar surface area (TPSA) is 59.9 Å². The van der Waals surface area contributed by atoms with Crippen molar-refractivity contribution >= 4 is 17.8 Å². The third-order valence-corrected chi connectivity index (χ3v) is 4.79. The molecule has 1 atom stereocenters. The van der Waals surface area contributed by atoms with Crippen molar-refractivity contribution in [2.24, 2.45) is 4.99 Å². The van der Waals surface area contributed by atoms with Crippen molar-refractivity contribution in [2.75, 3.05) is 14.2 Å². The molecule has 5 heteroatoms. The number of nitrogens with one attached hydrogen (secondary N) is 1. The monoisotopic (exact) mass is 372 g/mol. The van der Waals surface area contributed by atoms with Crippen molar-refractivity contribution in [3.05, 3.63) is 77.9 Å². The lowest BCUT2D eigenvalue weighted by Gasteiger charge is -2.24. The molecule has 1 aliphatic heterocycles. The molecule has 1 aliphatic rings. The molecule has 0 radical (unpaired) electrons. The second-order valence-electron chi connectivity index (χ2n) is 6.43. The summed E-state index contributed by atoms with van der Waals surface area (Å²) in [6.45, 7) is 0. The summed E-state index contributed by atoms with van der Waals surface area (Å²) < 4.78 is 10.7. The summed E-state index contributed by atoms with van der Waals surface area (Å²) in [5, 5.41) is 3.21. The molecule has 0 saturated heterocycles. The van der Waals surface area contributed by atoms with E-state index in [1.165, 1.54) is 0 Å². The van der Waals surface area contributed by atoms with Gasteiger partial charge in [0.15, 0.2) is 11.5 Å². The van der Waals surface area contributed by atoms with Crippen molar-refractivity contribution in [2.45, 2.75) is 6.04 Å². The summed E-state index contributed by atoms with van der Waals surface area (Å²) >= 11 is 0. The Labute approximate surface area is 163 Å². The Morgan fingerprint density at radius 3 is 2.11 bits per heavy atom. The van der Waals surface area contributed by atoms with Crippen LogP contribution in [0.4, 0.5) is 5.69 Å². The van der Waals surface area contributed by atoms with E-state index < -0.39 is 6.04 Å². The zero-order valence-electron chi connectivity index (χ0n) is 15.7. The molecule has 0 bridgehead atoms. The number of aldehydes is 1. The van der Waals surface area contributed by atoms with E-state index in [0.29, 0.717) is 23.0 Å². The van der Waals surface area contributed by atoms with Gasteiger partial charge in [-0.15, -0.1) is 0 Å². The number of hydrogen-bond donors (Lipinski definition) is 1. The van der Waals surface area contributed by atoms with E-state index in [2.05, 4.69) is 29.6 Å². The average molecular weight is 372 g/mol. The van der Waals surface area contributed by atoms with E-state index in [1.807, 2.05) is 30.3 Å². The molecule has 3 aromatic carbocycles. The molecule has 4 rings (SSSR count). The van der Waals surface area contributed by atoms with Gasteiger partial charge < -0.3 is 19.6 Å². The van der Waals surface area contributed by atoms with E-state index in [-0.39, 0.29) is 0 Å². The molecule has 0 amide bonds. The molecular formula is C23H20N2O3. The Morgan fingerprint density at radius 1 is 0.857 bits per heavy atom. The minimum absolute atomic E-state index is 0.504. The van der Waals surface area contributed by atoms with E-state index in [4.69, 9.17) is 14.5 Å². The van der Waals surface area contributed by atoms with Crippen LogP contribution in [0, 0.1) is 0 Å². The molecule has 0 fully saturated rings. The molecule has 1 heterocycles. The minimum Gasteiger partial charge on any atom is -0.493 e. The molecular weight excluding hydrogens is 352 g/mol. The fourth-order valence-corrected chi connectivity index (χ4v) is 3.31. The molecule has 0 saturated carbocycles. The summed E-state index contributed by atoms with van der Waals surface area (Å²) in [4.78, 5) is 16.4. The first-order valence-electron chi connectivity index (χ1n) is 8.96. The van der Waals surface area contributed by atoms with Crippen LogP contribution < -0.4 is 14.8 Å². The minimum atomic E-state index is -0.504. The Hall–Kier alpha value is -3.60. The number of carbonyl (C=O) groups excluding carboxylic acids is 1. The number of nitrogens with zero attached hydrogens (tertiary/aromatic N) is 1. The lowest BCUT2D eigenvalue weighted by atomic mass is 10.00. The molecule has 0 aliphatic carbocycles. The standard InChI is InChI=1S/C23H20N2O3/c1-27-21-12-18-19(13-22(21)28-2)24-23(25-20(18)14-26)17-10-8-16(9-11-17)15-6-4-3-5-7-15/h3-14,20H,1-2H3,(H,24,25). The predicted molar refractivity (Wildman–Crippen MR) is 110 cm³/mol. The summed E-state index contributed by atoms with van der Waals surface area (Å²) in [6.07, 6.45) is 0.873. The molecule has 0 spiro atoms. The number of rotatable bonds is 5. The van der Waals surface area contributed by atoms with Crippen LogP contribution in [0.25, 0.3) is 11.1 Å². The average Bonchev–Trinajstić information content (AvgIpc) is 2.78. The molecule has 0 aromatic heterocycles. The van der Waals surface area contributed by atoms with Gasteiger partial charge in [0.05, 0.1) is 19.9 Å². The van der Waals surface area contributed by atoms with Crippen molar-refractivity contribution < 1.29 is 14.3 Å². The van der Waals surface area contributed by atoms with Gasteiger partial charge in [-0.05, 0) is 17.2 Å². The third-order valence-electron chi connectivity index (χ3n) is 4.79. The maximum atomic E-state index is 11.7. The SMILES string of the molecule is COc1cc2c(cc1OC)C(C=O)NC(c1ccc(-c3ccccc3)cc1)=N2. The lowest BCUT2D eigenvalue weighted by Crippen LogP contribution is -2.33. The maximum Gasteiger partial charge on any atom is 0.162 e. The van der Waals surface area contributed by atoms with E-state index in [0.717, 1.165) is 28.5 Å². The first kappa shape index (κ1) is 17.8. The predicted octanol–water partition coefficient (Wildman–Crippen LogP) is 4.29. The number of carbonyl (C=O) groups is 1. The third kappa shape index (κ3) is 3.22. The number of aliphatic imine (C=N–C) groups is 1. The van der Waals surface area contributed by atoms with Crippen molar-refractivity contribution in [3.63, 3.8) is 0 Å². The Bertz CT molecular complexity index is 1030. The van der Waals surface area contributed by atoms with Gasteiger partial charge in [-0.25, -0.2) is 4.99 Å². The van der Waals surface area contributed by atoms with Crippen molar-refractivity contribution in [3.8, 4) is 22.6 Å². The van der Waals surface area contributed by atoms with E-state index >= 15 is 0 Å². The Kier molecular flexibility index (Phi) is 4.81. The Morgan fingerprint density at radius 2 is 1.46 bits per heavy atom. The zero-order chi connectivity index (χ0) is 19.5. The van der Waals surface area contributed by atoms with Crippen LogP contribution in [-0.2, 0) is 4.79 Å². The van der Waals surface area contributed by atoms with Gasteiger partial charge in [-0.2, -0.15) is 0 Å². The number of hydrogen-bond acceptors (Lipinski definition) is 5. The van der Waals surface area contributed by atoms with Crippen LogP contribution in [-0.4, -0.2) is 26.3 Å². The van der Waals surface area contributed by atoms with Gasteiger partial charge in [-0.1, -0.05) is 54.6 Å². The first-order chi connectivity index (χ1) is 13.7. The highest BCUT2D eigenvalue weighted by Crippen LogP contribution is 2.39. The summed E-state index contributed by atoms with van der Waals surface area (Å²) in [5.41, 5.74) is 4.64. The molecule has 28 heavy (non-hydrogen) atoms. The molecule has 1 N–H and O–H groups in total. The van der Waals surface area contributed by atoms with Crippen molar-refractivity contribution in [1.82, 2.24) is 5.32 Å². The van der Waals surface area contributed by atoms with Crippen LogP contribution >= 0.6 is 0 Å². The van der Waals surface area contributed by atoms with Gasteiger partial charge in [0.1, 0.15) is 18.2 Å². The Balaban J connectivity index is 1.73. The van der Waals surface area contributed by atoms with Crippen LogP contribution in [0.2, 0.25) is 0 Å². The van der Waals surface area contributed by atoms with Gasteiger partial charge in [0.2, 0.25) is 0 Å². The lowest BCUT2D eigenvalue weighted by molar-refractivity contribution is -0.109. The van der Waals surface area contributed by atoms with Gasteiger partial charge in [0.25, 0.3) is 0 Å². The summed E-state index contributed by atoms with van der Waals surface area (Å²) in [5.74, 6) is 1.80. The first-order valence-corrected chi connectivity index (χ1v) is 8.96. The second-order valence-corrected chi connectivity index (χ2v) is 6.43. The fraction of sp³-hybridized carbons (Fsp3) is 0.130. The highest BCUT2D eigenvalue weighted by molar-refractivity contribution is 6.03. The van der Waals surface area contributed by atoms with Gasteiger partial charge >= 0.3 is 0 Å². The van der Waals surface area contributed by atoms with E-state index in [1.54, 1.807) is 26.4 Å². The quantitative estimate of drug-likeness (QED) is 0.679. The second kappa shape index (κ2) is 7.56. The fourth-order valence-electron chi connectivity index (χ4n) is 3.31. The molecule has 140 valence electrons. The zero-order valence-corrected chi connectivity index (χ0v) is 15.7. The number of methoxy groups -OCH3 is 2. The summed E-state index contributed by atoms with van der Waals surface area (Å²) in [6, 6.07) is 21.4. The number of fused-ring (bicyclic) bond motifs is 1. The maximum absolute atomic E-state index is 11.7. The number of benzene rings is 3. The van der Waals surface area contributed by atoms with Crippen LogP contribution in [0.5, 0.6) is 11.5 Å². The largest absolute Gasteiger partial charge is 0.493 e. The normalized spacial score (nSPS) is 15.1. The highest BCUT2D eigenvalue weighted by Gasteiger charge is 2.24. The van der Waals surface area contributed by atoms with Gasteiger partial charge in [0, 0.05) is 17.2 Å². The van der Waals surface area contributed by atoms with E-state index in [9.17, 15) is 4.79 Å². The highest BCUT2D eigenvalue weighted by atomic mass is 16.5. The summed E-state index contributed by atoms with van der Waals surface area (Å²) in [7, 11) is 3.15. The molecule has 5 nitrogen and oxygen atoms in total. The number of amidine groups is 1. The smallest absolute Gasteiger partial charge is 0.162 e.